The molecule has 1 rings (SSSR count). The number of nitrogens with one attached hydrogen (secondary N) is 1. The Morgan fingerprint density at radius 1 is 1.09 bits per heavy atom. The lowest BCUT2D eigenvalue weighted by molar-refractivity contribution is 0.118. The van der Waals surface area contributed by atoms with Crippen molar-refractivity contribution in [2.45, 2.75) is 46.3 Å². The molecule has 0 unspecified atom stereocenters. The normalized spacial score (nSPS) is 11.8. The van der Waals surface area contributed by atoms with Gasteiger partial charge in [0.2, 0.25) is 9.76 Å². The Balaban J connectivity index is 2.33. The second-order valence-electron chi connectivity index (χ2n) is 5.12. The van der Waals surface area contributed by atoms with Gasteiger partial charge in [-0.05, 0) is 45.8 Å². The fourth-order valence-electron chi connectivity index (χ4n) is 2.26. The first kappa shape index (κ1) is 19.5. The van der Waals surface area contributed by atoms with Gasteiger partial charge in [0.15, 0.2) is 0 Å². The highest BCUT2D eigenvalue weighted by molar-refractivity contribution is 6.65. The minimum Gasteiger partial charge on any atom is -0.415 e. The fraction of sp³-hybridized carbons (Fsp3) is 0.625. The molecule has 0 heterocycles. The topological polar surface area (TPSA) is 39.7 Å². The van der Waals surface area contributed by atoms with Crippen LogP contribution in [0.2, 0.25) is 12.6 Å². The first-order chi connectivity index (χ1) is 10.7. The Labute approximate surface area is 138 Å². The molecule has 1 N–H and O–H groups in total. The van der Waals surface area contributed by atoms with Gasteiger partial charge >= 0.3 is 8.80 Å². The molecule has 6 heteroatoms. The van der Waals surface area contributed by atoms with Crippen LogP contribution in [-0.2, 0) is 19.5 Å². The smallest absolute Gasteiger partial charge is 0.415 e. The maximum Gasteiger partial charge on any atom is 0.490 e. The van der Waals surface area contributed by atoms with E-state index in [9.17, 15) is 0 Å². The lowest BCUT2D eigenvalue weighted by atomic mass is 10.1. The Bertz CT molecular complexity index is 384. The van der Waals surface area contributed by atoms with Crippen LogP contribution in [0.3, 0.4) is 0 Å². The second kappa shape index (κ2) is 11.1. The zero-order chi connectivity index (χ0) is 16.3. The molecular formula is C16H29NO3Si2. The summed E-state index contributed by atoms with van der Waals surface area (Å²) in [6.07, 6.45) is 1.00. The Morgan fingerprint density at radius 3 is 2.27 bits per heavy atom. The monoisotopic (exact) mass is 339 g/mol. The van der Waals surface area contributed by atoms with Gasteiger partial charge in [0, 0.05) is 25.8 Å². The molecule has 22 heavy (non-hydrogen) atoms. The SMILES string of the molecule is CCO[Si](CCCNCc1ccc(C)cc1)(OCC)O[Si]C. The molecule has 0 amide bonds. The molecule has 0 spiro atoms. The quantitative estimate of drug-likeness (QED) is 0.469. The molecule has 0 atom stereocenters. The molecule has 0 saturated heterocycles. The van der Waals surface area contributed by atoms with Gasteiger partial charge in [-0.3, -0.25) is 0 Å². The van der Waals surface area contributed by atoms with Gasteiger partial charge in [-0.25, -0.2) is 0 Å². The van der Waals surface area contributed by atoms with E-state index in [0.717, 1.165) is 25.6 Å². The highest BCUT2D eigenvalue weighted by atomic mass is 28.4. The van der Waals surface area contributed by atoms with E-state index in [-0.39, 0.29) is 0 Å². The summed E-state index contributed by atoms with van der Waals surface area (Å²) in [7, 11) is -2.05. The van der Waals surface area contributed by atoms with Crippen LogP contribution in [0.15, 0.2) is 24.3 Å². The Morgan fingerprint density at radius 2 is 1.73 bits per heavy atom. The summed E-state index contributed by atoms with van der Waals surface area (Å²) in [6.45, 7) is 11.3. The molecule has 0 bridgehead atoms. The van der Waals surface area contributed by atoms with Crippen molar-refractivity contribution in [3.05, 3.63) is 35.4 Å². The predicted octanol–water partition coefficient (Wildman–Crippen LogP) is 3.17. The van der Waals surface area contributed by atoms with Gasteiger partial charge in [0.25, 0.3) is 0 Å². The van der Waals surface area contributed by atoms with Gasteiger partial charge in [-0.2, -0.15) is 0 Å². The first-order valence-corrected chi connectivity index (χ1v) is 11.4. The third kappa shape index (κ3) is 7.17. The second-order valence-corrected chi connectivity index (χ2v) is 8.79. The minimum atomic E-state index is -2.46. The average molecular weight is 340 g/mol. The van der Waals surface area contributed by atoms with Gasteiger partial charge < -0.3 is 18.3 Å². The summed E-state index contributed by atoms with van der Waals surface area (Å²) in [4.78, 5) is 0. The van der Waals surface area contributed by atoms with E-state index in [1.807, 2.05) is 20.4 Å². The maximum atomic E-state index is 5.88. The van der Waals surface area contributed by atoms with E-state index in [4.69, 9.17) is 13.0 Å². The van der Waals surface area contributed by atoms with Crippen molar-refractivity contribution in [2.24, 2.45) is 0 Å². The van der Waals surface area contributed by atoms with Crippen LogP contribution < -0.4 is 5.32 Å². The van der Waals surface area contributed by atoms with E-state index >= 15 is 0 Å². The molecule has 0 aliphatic heterocycles. The molecule has 4 nitrogen and oxygen atoms in total. The fourth-order valence-corrected chi connectivity index (χ4v) is 6.24. The van der Waals surface area contributed by atoms with Crippen LogP contribution in [0.1, 0.15) is 31.4 Å². The average Bonchev–Trinajstić information content (AvgIpc) is 2.50. The van der Waals surface area contributed by atoms with E-state index in [0.29, 0.717) is 23.0 Å². The zero-order valence-electron chi connectivity index (χ0n) is 14.3. The largest absolute Gasteiger partial charge is 0.490 e. The number of hydrogen-bond donors (Lipinski definition) is 1. The minimum absolute atomic E-state index is 0.409. The van der Waals surface area contributed by atoms with Crippen LogP contribution in [0.25, 0.3) is 0 Å². The molecule has 1 aromatic rings. The van der Waals surface area contributed by atoms with Crippen molar-refractivity contribution in [3.63, 3.8) is 0 Å². The summed E-state index contributed by atoms with van der Waals surface area (Å²) in [5, 5.41) is 3.48. The van der Waals surface area contributed by atoms with E-state index in [1.54, 1.807) is 0 Å². The summed E-state index contributed by atoms with van der Waals surface area (Å²) in [5.74, 6) is 0. The van der Waals surface area contributed by atoms with Gasteiger partial charge in [-0.15, -0.1) is 0 Å². The predicted molar refractivity (Wildman–Crippen MR) is 94.0 cm³/mol. The standard InChI is InChI=1S/C16H29NO3Si2/c1-5-18-22(19-6-2,20-21-4)13-7-12-17-14-16-10-8-15(3)9-11-16/h8-11,17H,5-7,12-14H2,1-4H3. The molecule has 0 saturated carbocycles. The van der Waals surface area contributed by atoms with Crippen molar-refractivity contribution in [2.75, 3.05) is 19.8 Å². The van der Waals surface area contributed by atoms with Crippen LogP contribution in [-0.4, -0.2) is 38.3 Å². The Kier molecular flexibility index (Phi) is 9.85. The molecule has 0 fully saturated rings. The summed E-state index contributed by atoms with van der Waals surface area (Å²) in [6, 6.07) is 9.51. The van der Waals surface area contributed by atoms with Crippen molar-refractivity contribution in [1.82, 2.24) is 5.32 Å². The third-order valence-corrected chi connectivity index (χ3v) is 7.76. The van der Waals surface area contributed by atoms with Crippen molar-refractivity contribution in [1.29, 1.82) is 0 Å². The molecule has 2 radical (unpaired) electrons. The highest BCUT2D eigenvalue weighted by Gasteiger charge is 2.39. The lowest BCUT2D eigenvalue weighted by Gasteiger charge is -2.28. The number of benzene rings is 1. The van der Waals surface area contributed by atoms with Crippen LogP contribution >= 0.6 is 0 Å². The molecule has 124 valence electrons. The summed E-state index contributed by atoms with van der Waals surface area (Å²) >= 11 is 0. The summed E-state index contributed by atoms with van der Waals surface area (Å²) < 4.78 is 17.6. The van der Waals surface area contributed by atoms with Gasteiger partial charge in [0.1, 0.15) is 0 Å². The molecule has 0 aromatic heterocycles. The first-order valence-electron chi connectivity index (χ1n) is 8.04. The number of hydrogen-bond acceptors (Lipinski definition) is 4. The maximum absolute atomic E-state index is 5.88. The van der Waals surface area contributed by atoms with Crippen LogP contribution in [0.5, 0.6) is 0 Å². The van der Waals surface area contributed by atoms with Crippen LogP contribution in [0, 0.1) is 6.92 Å². The van der Waals surface area contributed by atoms with Crippen LogP contribution in [0.4, 0.5) is 0 Å². The molecular weight excluding hydrogens is 310 g/mol. The number of aryl methyl sites for hydroxylation is 1. The zero-order valence-corrected chi connectivity index (χ0v) is 16.3. The summed E-state index contributed by atoms with van der Waals surface area (Å²) in [5.41, 5.74) is 2.61. The van der Waals surface area contributed by atoms with E-state index in [2.05, 4.69) is 36.5 Å². The van der Waals surface area contributed by atoms with Crippen molar-refractivity contribution >= 4 is 18.6 Å². The van der Waals surface area contributed by atoms with Crippen molar-refractivity contribution in [3.8, 4) is 0 Å². The molecule has 1 aromatic carbocycles. The number of rotatable bonds is 12. The van der Waals surface area contributed by atoms with Gasteiger partial charge in [0.05, 0.1) is 0 Å². The molecule has 0 aliphatic rings. The lowest BCUT2D eigenvalue weighted by Crippen LogP contribution is -2.47. The highest BCUT2D eigenvalue weighted by Crippen LogP contribution is 2.17. The van der Waals surface area contributed by atoms with Crippen molar-refractivity contribution < 1.29 is 13.0 Å². The van der Waals surface area contributed by atoms with Gasteiger partial charge in [-0.1, -0.05) is 29.8 Å². The third-order valence-electron chi connectivity index (χ3n) is 3.27. The van der Waals surface area contributed by atoms with E-state index in [1.165, 1.54) is 11.1 Å². The van der Waals surface area contributed by atoms with E-state index < -0.39 is 8.80 Å². The Hall–Kier alpha value is -0.506. The molecule has 0 aliphatic carbocycles.